The Bertz CT molecular complexity index is 1870. The first kappa shape index (κ1) is 41.8. The molecular formula is C40H52FN3O10S. The van der Waals surface area contributed by atoms with Gasteiger partial charge in [-0.2, -0.15) is 0 Å². The maximum Gasteiger partial charge on any atom is 0.410 e. The highest BCUT2D eigenvalue weighted by Gasteiger charge is 2.61. The SMILES string of the molecule is C=CC1C[C@]1(CC(=O)[C@@H]1CC(OC(=O)N2Cc3cccc(F)c3C2)CN1C(=O)[C@H](CCC(=O)/C=C/C(C)C)CC(=O)OC(C)(C)C)C(=O)NS(=O)(=O)C1CC1. The summed E-state index contributed by atoms with van der Waals surface area (Å²) < 4.78 is 53.4. The summed E-state index contributed by atoms with van der Waals surface area (Å²) in [4.78, 5) is 84.1. The summed E-state index contributed by atoms with van der Waals surface area (Å²) >= 11 is 0. The molecule has 0 spiro atoms. The molecule has 1 saturated heterocycles. The van der Waals surface area contributed by atoms with Crippen LogP contribution in [0.25, 0.3) is 0 Å². The third-order valence-electron chi connectivity index (χ3n) is 10.5. The lowest BCUT2D eigenvalue weighted by molar-refractivity contribution is -0.159. The lowest BCUT2D eigenvalue weighted by Crippen LogP contribution is -2.46. The molecule has 3 fully saturated rings. The van der Waals surface area contributed by atoms with E-state index in [0.717, 1.165) is 0 Å². The van der Waals surface area contributed by atoms with Gasteiger partial charge in [0.05, 0.1) is 36.2 Å². The largest absolute Gasteiger partial charge is 0.460 e. The van der Waals surface area contributed by atoms with Gasteiger partial charge in [-0.15, -0.1) is 6.58 Å². The molecule has 55 heavy (non-hydrogen) atoms. The second-order valence-corrected chi connectivity index (χ2v) is 18.6. The molecule has 1 aromatic carbocycles. The fraction of sp³-hybridized carbons (Fsp3) is 0.600. The van der Waals surface area contributed by atoms with Crippen molar-refractivity contribution in [3.05, 3.63) is 60.0 Å². The van der Waals surface area contributed by atoms with Crippen LogP contribution in [0.5, 0.6) is 0 Å². The Morgan fingerprint density at radius 2 is 1.82 bits per heavy atom. The highest BCUT2D eigenvalue weighted by molar-refractivity contribution is 7.90. The van der Waals surface area contributed by atoms with Gasteiger partial charge in [0.25, 0.3) is 0 Å². The molecule has 15 heteroatoms. The quantitative estimate of drug-likeness (QED) is 0.138. The normalized spacial score (nSPS) is 24.0. The van der Waals surface area contributed by atoms with Crippen molar-refractivity contribution in [1.82, 2.24) is 14.5 Å². The van der Waals surface area contributed by atoms with Crippen LogP contribution in [0.4, 0.5) is 9.18 Å². The smallest absolute Gasteiger partial charge is 0.410 e. The van der Waals surface area contributed by atoms with Crippen LogP contribution in [0, 0.1) is 29.0 Å². The van der Waals surface area contributed by atoms with Gasteiger partial charge in [-0.3, -0.25) is 33.6 Å². The Hall–Kier alpha value is -4.40. The Morgan fingerprint density at radius 1 is 1.11 bits per heavy atom. The number of nitrogens with zero attached hydrogens (tertiary/aromatic N) is 2. The predicted molar refractivity (Wildman–Crippen MR) is 199 cm³/mol. The minimum absolute atomic E-state index is 0.0276. The van der Waals surface area contributed by atoms with Crippen molar-refractivity contribution in [2.45, 2.75) is 122 Å². The minimum atomic E-state index is -3.92. The number of esters is 1. The number of benzene rings is 1. The highest BCUT2D eigenvalue weighted by Crippen LogP contribution is 2.57. The average molecular weight is 786 g/mol. The van der Waals surface area contributed by atoms with Crippen molar-refractivity contribution in [2.75, 3.05) is 6.54 Å². The average Bonchev–Trinajstić information content (AvgIpc) is 3.98. The number of rotatable bonds is 16. The van der Waals surface area contributed by atoms with Crippen LogP contribution in [0.1, 0.15) is 97.1 Å². The van der Waals surface area contributed by atoms with Crippen molar-refractivity contribution in [2.24, 2.45) is 23.2 Å². The van der Waals surface area contributed by atoms with Crippen LogP contribution >= 0.6 is 0 Å². The number of ether oxygens (including phenoxy) is 2. The number of hydrogen-bond acceptors (Lipinski definition) is 10. The fourth-order valence-corrected chi connectivity index (χ4v) is 8.68. The Morgan fingerprint density at radius 3 is 2.42 bits per heavy atom. The predicted octanol–water partition coefficient (Wildman–Crippen LogP) is 4.92. The van der Waals surface area contributed by atoms with E-state index in [4.69, 9.17) is 9.47 Å². The van der Waals surface area contributed by atoms with E-state index >= 15 is 0 Å². The molecule has 2 aliphatic heterocycles. The van der Waals surface area contributed by atoms with E-state index in [0.29, 0.717) is 24.0 Å². The molecule has 2 saturated carbocycles. The minimum Gasteiger partial charge on any atom is -0.460 e. The third-order valence-corrected chi connectivity index (χ3v) is 12.3. The van der Waals surface area contributed by atoms with Crippen molar-refractivity contribution >= 4 is 45.5 Å². The van der Waals surface area contributed by atoms with Gasteiger partial charge in [0.15, 0.2) is 11.6 Å². The molecule has 0 aromatic heterocycles. The van der Waals surface area contributed by atoms with E-state index in [1.54, 1.807) is 39.0 Å². The maximum atomic E-state index is 14.5. The van der Waals surface area contributed by atoms with Gasteiger partial charge in [-0.25, -0.2) is 17.6 Å². The van der Waals surface area contributed by atoms with Crippen LogP contribution < -0.4 is 4.72 Å². The number of allylic oxidation sites excluding steroid dienone is 3. The number of carbonyl (C=O) groups excluding carboxylic acids is 6. The molecule has 0 bridgehead atoms. The molecule has 1 aromatic rings. The van der Waals surface area contributed by atoms with Crippen LogP contribution in [0.3, 0.4) is 0 Å². The van der Waals surface area contributed by atoms with Gasteiger partial charge >= 0.3 is 12.1 Å². The lowest BCUT2D eigenvalue weighted by Gasteiger charge is -2.29. The standard InChI is InChI=1S/C40H52FN3O10S/c1-7-27-19-40(27,37(49)42-55(51,52)30-15-16-30)20-34(46)33-18-29(53-38(50)43-21-26-9-8-10-32(41)31(26)23-43)22-44(33)36(48)25(17-35(47)54-39(4,5)6)12-14-28(45)13-11-24(2)3/h7-11,13,24-25,27,29-30,33H,1,12,14-23H2,2-6H3,(H,42,49)/b13-11+/t25-,27?,29?,33+,40-/m1/s1. The molecule has 2 unspecified atom stereocenters. The number of fused-ring (bicyclic) bond motifs is 1. The highest BCUT2D eigenvalue weighted by atomic mass is 32.2. The summed E-state index contributed by atoms with van der Waals surface area (Å²) in [6.45, 7) is 12.5. The number of Topliss-reactive ketones (excluding diaryl/α,β-unsaturated/α-hetero) is 1. The zero-order valence-electron chi connectivity index (χ0n) is 32.2. The summed E-state index contributed by atoms with van der Waals surface area (Å²) in [6.07, 6.45) is 2.87. The first-order valence-electron chi connectivity index (χ1n) is 18.9. The molecular weight excluding hydrogens is 734 g/mol. The van der Waals surface area contributed by atoms with Crippen molar-refractivity contribution in [1.29, 1.82) is 0 Å². The lowest BCUT2D eigenvalue weighted by atomic mass is 9.90. The van der Waals surface area contributed by atoms with Crippen molar-refractivity contribution < 1.29 is 51.0 Å². The van der Waals surface area contributed by atoms with Crippen molar-refractivity contribution in [3.8, 4) is 0 Å². The zero-order chi connectivity index (χ0) is 40.5. The summed E-state index contributed by atoms with van der Waals surface area (Å²) in [6, 6.07) is 3.34. The number of carbonyl (C=O) groups is 6. The van der Waals surface area contributed by atoms with Crippen LogP contribution in [0.2, 0.25) is 0 Å². The van der Waals surface area contributed by atoms with Gasteiger partial charge in [-0.1, -0.05) is 38.1 Å². The van der Waals surface area contributed by atoms with Gasteiger partial charge in [-0.05, 0) is 76.0 Å². The molecule has 2 aliphatic carbocycles. The number of sulfonamides is 1. The number of likely N-dealkylation sites (tertiary alicyclic amines) is 1. The van der Waals surface area contributed by atoms with E-state index in [2.05, 4.69) is 11.3 Å². The van der Waals surface area contributed by atoms with E-state index in [1.165, 1.54) is 28.0 Å². The Kier molecular flexibility index (Phi) is 12.4. The Labute approximate surface area is 322 Å². The second-order valence-electron chi connectivity index (χ2n) is 16.6. The monoisotopic (exact) mass is 785 g/mol. The van der Waals surface area contributed by atoms with Gasteiger partial charge in [0.1, 0.15) is 17.5 Å². The molecule has 3 amide bonds. The first-order valence-corrected chi connectivity index (χ1v) is 20.4. The van der Waals surface area contributed by atoms with E-state index in [1.807, 2.05) is 13.8 Å². The number of amides is 3. The maximum absolute atomic E-state index is 14.5. The molecule has 4 aliphatic rings. The molecule has 5 atom stereocenters. The number of ketones is 2. The van der Waals surface area contributed by atoms with E-state index < -0.39 is 92.2 Å². The summed E-state index contributed by atoms with van der Waals surface area (Å²) in [5, 5.41) is -0.668. The van der Waals surface area contributed by atoms with E-state index in [9.17, 15) is 41.6 Å². The Balaban J connectivity index is 1.39. The summed E-state index contributed by atoms with van der Waals surface area (Å²) in [5.41, 5.74) is -1.27. The second kappa shape index (κ2) is 16.4. The fourth-order valence-electron chi connectivity index (χ4n) is 7.30. The van der Waals surface area contributed by atoms with Gasteiger partial charge in [0.2, 0.25) is 21.8 Å². The zero-order valence-corrected chi connectivity index (χ0v) is 33.0. The van der Waals surface area contributed by atoms with E-state index in [-0.39, 0.29) is 63.4 Å². The van der Waals surface area contributed by atoms with Crippen LogP contribution in [0.15, 0.2) is 43.0 Å². The number of hydrogen-bond donors (Lipinski definition) is 1. The summed E-state index contributed by atoms with van der Waals surface area (Å²) in [5.74, 6) is -4.86. The topological polar surface area (TPSA) is 174 Å². The number of halogens is 1. The number of nitrogens with one attached hydrogen (secondary N) is 1. The molecule has 2 heterocycles. The molecule has 1 N–H and O–H groups in total. The van der Waals surface area contributed by atoms with Gasteiger partial charge in [0, 0.05) is 37.3 Å². The molecule has 0 radical (unpaired) electrons. The molecule has 5 rings (SSSR count). The van der Waals surface area contributed by atoms with Gasteiger partial charge < -0.3 is 14.4 Å². The summed E-state index contributed by atoms with van der Waals surface area (Å²) in [7, 11) is -3.92. The first-order chi connectivity index (χ1) is 25.7. The van der Waals surface area contributed by atoms with Crippen LogP contribution in [-0.2, 0) is 56.6 Å². The third kappa shape index (κ3) is 10.3. The molecule has 300 valence electrons. The van der Waals surface area contributed by atoms with Crippen LogP contribution in [-0.4, -0.2) is 83.2 Å². The van der Waals surface area contributed by atoms with Crippen molar-refractivity contribution in [3.63, 3.8) is 0 Å². The molecule has 13 nitrogen and oxygen atoms in total.